The molecular formula is C12H15NO3. The smallest absolute Gasteiger partial charge is 0.162 e. The monoisotopic (exact) mass is 221 g/mol. The molecule has 0 spiro atoms. The molecule has 0 unspecified atom stereocenters. The molecule has 4 bridgehead atoms. The van der Waals surface area contributed by atoms with Crippen LogP contribution in [0.5, 0.6) is 0 Å². The molecule has 4 nitrogen and oxygen atoms in total. The molecule has 0 amide bonds. The van der Waals surface area contributed by atoms with Gasteiger partial charge in [0.15, 0.2) is 17.3 Å². The second-order valence-electron chi connectivity index (χ2n) is 6.13. The van der Waals surface area contributed by atoms with Crippen molar-refractivity contribution in [1.29, 1.82) is 0 Å². The van der Waals surface area contributed by atoms with Gasteiger partial charge in [-0.25, -0.2) is 0 Å². The lowest BCUT2D eigenvalue weighted by molar-refractivity contribution is -0.188. The van der Waals surface area contributed by atoms with Gasteiger partial charge in [-0.1, -0.05) is 0 Å². The minimum absolute atomic E-state index is 0.163. The average molecular weight is 221 g/mol. The Balaban J connectivity index is 2.29. The first-order chi connectivity index (χ1) is 7.25. The Labute approximate surface area is 94.0 Å². The standard InChI is InChI=1S/C12H15NO3/c1-10-4-13-5-11(2,7(10)14)9(16)12(3,6-13)8(10)15/h4-6H2,1-3H3. The number of ketones is 3. The van der Waals surface area contributed by atoms with Crippen molar-refractivity contribution in [3.05, 3.63) is 0 Å². The van der Waals surface area contributed by atoms with E-state index in [1.165, 1.54) is 0 Å². The minimum atomic E-state index is -0.950. The summed E-state index contributed by atoms with van der Waals surface area (Å²) in [5.41, 5.74) is -2.85. The van der Waals surface area contributed by atoms with E-state index in [-0.39, 0.29) is 17.3 Å². The van der Waals surface area contributed by atoms with Gasteiger partial charge < -0.3 is 0 Å². The van der Waals surface area contributed by atoms with E-state index in [9.17, 15) is 14.4 Å². The van der Waals surface area contributed by atoms with Gasteiger partial charge in [-0.15, -0.1) is 0 Å². The fourth-order valence-electron chi connectivity index (χ4n) is 4.08. The van der Waals surface area contributed by atoms with Crippen molar-refractivity contribution in [2.75, 3.05) is 19.6 Å². The summed E-state index contributed by atoms with van der Waals surface area (Å²) >= 11 is 0. The molecule has 0 atom stereocenters. The molecule has 4 fully saturated rings. The van der Waals surface area contributed by atoms with Crippen LogP contribution in [-0.4, -0.2) is 41.9 Å². The quantitative estimate of drug-likeness (QED) is 0.543. The lowest BCUT2D eigenvalue weighted by Gasteiger charge is -2.61. The zero-order valence-electron chi connectivity index (χ0n) is 9.79. The molecule has 0 aromatic heterocycles. The van der Waals surface area contributed by atoms with Gasteiger partial charge in [0.05, 0.1) is 16.2 Å². The zero-order valence-corrected chi connectivity index (χ0v) is 9.79. The van der Waals surface area contributed by atoms with Gasteiger partial charge in [0.2, 0.25) is 0 Å². The molecule has 3 aliphatic heterocycles. The molecule has 3 saturated heterocycles. The van der Waals surface area contributed by atoms with E-state index in [1.807, 2.05) is 0 Å². The van der Waals surface area contributed by atoms with Gasteiger partial charge in [0.1, 0.15) is 0 Å². The van der Waals surface area contributed by atoms with Gasteiger partial charge in [-0.3, -0.25) is 19.3 Å². The van der Waals surface area contributed by atoms with Crippen molar-refractivity contribution in [1.82, 2.24) is 4.90 Å². The van der Waals surface area contributed by atoms with E-state index in [2.05, 4.69) is 4.90 Å². The molecule has 4 rings (SSSR count). The van der Waals surface area contributed by atoms with Crippen LogP contribution in [0.2, 0.25) is 0 Å². The van der Waals surface area contributed by atoms with E-state index >= 15 is 0 Å². The molecule has 0 N–H and O–H groups in total. The Morgan fingerprint density at radius 2 is 1.00 bits per heavy atom. The van der Waals surface area contributed by atoms with E-state index < -0.39 is 16.2 Å². The summed E-state index contributed by atoms with van der Waals surface area (Å²) in [5, 5.41) is 0. The summed E-state index contributed by atoms with van der Waals surface area (Å²) in [6, 6.07) is 0. The lowest BCUT2D eigenvalue weighted by atomic mass is 9.47. The Hall–Kier alpha value is -1.03. The first-order valence-electron chi connectivity index (χ1n) is 5.62. The molecule has 0 radical (unpaired) electrons. The Morgan fingerprint density at radius 3 is 1.25 bits per heavy atom. The maximum Gasteiger partial charge on any atom is 0.162 e. The molecule has 4 aliphatic rings. The van der Waals surface area contributed by atoms with Crippen LogP contribution in [-0.2, 0) is 14.4 Å². The van der Waals surface area contributed by atoms with Crippen molar-refractivity contribution in [2.24, 2.45) is 16.2 Å². The number of piperidine rings is 3. The van der Waals surface area contributed by atoms with Crippen molar-refractivity contribution < 1.29 is 14.4 Å². The number of nitrogens with zero attached hydrogens (tertiary/aromatic N) is 1. The number of hydrogen-bond donors (Lipinski definition) is 0. The molecule has 16 heavy (non-hydrogen) atoms. The predicted octanol–water partition coefficient (Wildman–Crippen LogP) is 0.0554. The van der Waals surface area contributed by atoms with Crippen LogP contribution >= 0.6 is 0 Å². The van der Waals surface area contributed by atoms with Crippen LogP contribution < -0.4 is 0 Å². The van der Waals surface area contributed by atoms with Crippen molar-refractivity contribution >= 4 is 17.3 Å². The van der Waals surface area contributed by atoms with Gasteiger partial charge in [0.25, 0.3) is 0 Å². The summed E-state index contributed by atoms with van der Waals surface area (Å²) in [4.78, 5) is 39.0. The highest BCUT2D eigenvalue weighted by molar-refractivity contribution is 6.32. The summed E-state index contributed by atoms with van der Waals surface area (Å²) in [5.74, 6) is -0.490. The lowest BCUT2D eigenvalue weighted by Crippen LogP contribution is -2.79. The fraction of sp³-hybridized carbons (Fsp3) is 0.750. The third-order valence-corrected chi connectivity index (χ3v) is 4.63. The molecule has 1 aliphatic carbocycles. The normalized spacial score (nSPS) is 54.9. The second kappa shape index (κ2) is 2.30. The van der Waals surface area contributed by atoms with Crippen molar-refractivity contribution in [3.63, 3.8) is 0 Å². The van der Waals surface area contributed by atoms with Crippen LogP contribution in [0.15, 0.2) is 0 Å². The molecule has 3 heterocycles. The van der Waals surface area contributed by atoms with E-state index in [4.69, 9.17) is 0 Å². The number of Topliss-reactive ketones (excluding diaryl/α,β-unsaturated/α-hetero) is 3. The van der Waals surface area contributed by atoms with E-state index in [0.717, 1.165) is 0 Å². The van der Waals surface area contributed by atoms with E-state index in [1.54, 1.807) is 20.8 Å². The molecule has 0 aromatic rings. The molecule has 4 heteroatoms. The Kier molecular flexibility index (Phi) is 1.46. The minimum Gasteiger partial charge on any atom is -0.299 e. The largest absolute Gasteiger partial charge is 0.299 e. The molecular weight excluding hydrogens is 206 g/mol. The highest BCUT2D eigenvalue weighted by Gasteiger charge is 2.73. The Bertz CT molecular complexity index is 367. The summed E-state index contributed by atoms with van der Waals surface area (Å²) < 4.78 is 0. The molecule has 86 valence electrons. The Morgan fingerprint density at radius 1 is 0.750 bits per heavy atom. The van der Waals surface area contributed by atoms with Crippen LogP contribution in [0.25, 0.3) is 0 Å². The van der Waals surface area contributed by atoms with Crippen LogP contribution in [0.4, 0.5) is 0 Å². The first kappa shape index (κ1) is 10.1. The predicted molar refractivity (Wildman–Crippen MR) is 55.8 cm³/mol. The second-order valence-corrected chi connectivity index (χ2v) is 6.13. The maximum absolute atomic E-state index is 12.3. The number of hydrogen-bond acceptors (Lipinski definition) is 4. The van der Waals surface area contributed by atoms with Crippen molar-refractivity contribution in [2.45, 2.75) is 20.8 Å². The van der Waals surface area contributed by atoms with Crippen LogP contribution in [0.3, 0.4) is 0 Å². The van der Waals surface area contributed by atoms with Crippen LogP contribution in [0.1, 0.15) is 20.8 Å². The highest BCUT2D eigenvalue weighted by atomic mass is 16.2. The number of carbonyl (C=O) groups excluding carboxylic acids is 3. The highest BCUT2D eigenvalue weighted by Crippen LogP contribution is 2.54. The third-order valence-electron chi connectivity index (χ3n) is 4.63. The van der Waals surface area contributed by atoms with Crippen molar-refractivity contribution in [3.8, 4) is 0 Å². The molecule has 1 saturated carbocycles. The summed E-state index contributed by atoms with van der Waals surface area (Å²) in [6.07, 6.45) is 0. The fourth-order valence-corrected chi connectivity index (χ4v) is 4.08. The van der Waals surface area contributed by atoms with E-state index in [0.29, 0.717) is 19.6 Å². The zero-order chi connectivity index (χ0) is 11.9. The SMILES string of the molecule is CC12CN3CC(C)(C1=O)C(=O)C(C)(C3)C2=O. The maximum atomic E-state index is 12.3. The molecule has 0 aromatic carbocycles. The first-order valence-corrected chi connectivity index (χ1v) is 5.62. The number of carbonyl (C=O) groups is 3. The summed E-state index contributed by atoms with van der Waals surface area (Å²) in [7, 11) is 0. The van der Waals surface area contributed by atoms with Gasteiger partial charge in [-0.05, 0) is 20.8 Å². The van der Waals surface area contributed by atoms with Gasteiger partial charge >= 0.3 is 0 Å². The van der Waals surface area contributed by atoms with Crippen LogP contribution in [0, 0.1) is 16.2 Å². The number of rotatable bonds is 0. The van der Waals surface area contributed by atoms with Gasteiger partial charge in [0, 0.05) is 19.6 Å². The summed E-state index contributed by atoms with van der Waals surface area (Å²) in [6.45, 7) is 6.57. The van der Waals surface area contributed by atoms with Gasteiger partial charge in [-0.2, -0.15) is 0 Å². The third kappa shape index (κ3) is 0.744. The average Bonchev–Trinajstić information content (AvgIpc) is 2.20. The topological polar surface area (TPSA) is 54.5 Å².